The van der Waals surface area contributed by atoms with Crippen molar-refractivity contribution in [3.05, 3.63) is 66.0 Å². The number of benzene rings is 1. The molecule has 3 N–H and O–H groups in total. The summed E-state index contributed by atoms with van der Waals surface area (Å²) in [6, 6.07) is 12.1. The molecule has 1 saturated heterocycles. The van der Waals surface area contributed by atoms with E-state index in [1.54, 1.807) is 24.5 Å². The number of pyridine rings is 1. The first-order valence-electron chi connectivity index (χ1n) is 9.79. The van der Waals surface area contributed by atoms with Crippen LogP contribution in [0, 0.1) is 5.41 Å². The van der Waals surface area contributed by atoms with E-state index in [1.807, 2.05) is 30.3 Å². The molecule has 1 aromatic heterocycles. The Labute approximate surface area is 166 Å². The highest BCUT2D eigenvalue weighted by Crippen LogP contribution is 2.26. The lowest BCUT2D eigenvalue weighted by Crippen LogP contribution is -2.51. The Morgan fingerprint density at radius 1 is 1.14 bits per heavy atom. The number of carbonyl (C=O) groups is 2. The smallest absolute Gasteiger partial charge is 0.251 e. The zero-order valence-corrected chi connectivity index (χ0v) is 16.3. The zero-order chi connectivity index (χ0) is 19.8. The summed E-state index contributed by atoms with van der Waals surface area (Å²) in [5, 5.41) is 9.31. The number of aromatic nitrogens is 1. The summed E-state index contributed by atoms with van der Waals surface area (Å²) < 4.78 is 0. The highest BCUT2D eigenvalue weighted by molar-refractivity contribution is 5.97. The molecule has 0 aliphatic carbocycles. The third-order valence-corrected chi connectivity index (χ3v) is 5.32. The first-order valence-corrected chi connectivity index (χ1v) is 9.79. The van der Waals surface area contributed by atoms with Gasteiger partial charge in [-0.3, -0.25) is 14.6 Å². The van der Waals surface area contributed by atoms with E-state index >= 15 is 0 Å². The molecule has 2 amide bonds. The van der Waals surface area contributed by atoms with Crippen LogP contribution in [-0.4, -0.2) is 42.5 Å². The highest BCUT2D eigenvalue weighted by Gasteiger charge is 2.29. The summed E-state index contributed by atoms with van der Waals surface area (Å²) in [7, 11) is 0. The Hall–Kier alpha value is -2.73. The van der Waals surface area contributed by atoms with E-state index in [9.17, 15) is 9.59 Å². The first kappa shape index (κ1) is 20.0. The first-order chi connectivity index (χ1) is 13.6. The molecule has 1 aliphatic heterocycles. The minimum Gasteiger partial charge on any atom is -0.354 e. The number of amides is 2. The van der Waals surface area contributed by atoms with E-state index < -0.39 is 6.04 Å². The van der Waals surface area contributed by atoms with Gasteiger partial charge in [0, 0.05) is 30.9 Å². The maximum atomic E-state index is 12.9. The van der Waals surface area contributed by atoms with Crippen LogP contribution in [0.2, 0.25) is 0 Å². The lowest BCUT2D eigenvalue weighted by Gasteiger charge is -2.34. The lowest BCUT2D eigenvalue weighted by molar-refractivity contribution is -0.123. The van der Waals surface area contributed by atoms with E-state index in [0.29, 0.717) is 18.5 Å². The predicted octanol–water partition coefficient (Wildman–Crippen LogP) is 1.93. The van der Waals surface area contributed by atoms with E-state index in [1.165, 1.54) is 0 Å². The van der Waals surface area contributed by atoms with Gasteiger partial charge in [0.15, 0.2) is 0 Å². The summed E-state index contributed by atoms with van der Waals surface area (Å²) >= 11 is 0. The van der Waals surface area contributed by atoms with Gasteiger partial charge in [0.25, 0.3) is 5.91 Å². The molecule has 148 valence electrons. The molecular formula is C22H28N4O2. The van der Waals surface area contributed by atoms with Gasteiger partial charge in [-0.1, -0.05) is 31.2 Å². The summed E-state index contributed by atoms with van der Waals surface area (Å²) in [5.74, 6) is -0.411. The van der Waals surface area contributed by atoms with Crippen molar-refractivity contribution in [3.63, 3.8) is 0 Å². The number of hydrogen-bond donors (Lipinski definition) is 3. The van der Waals surface area contributed by atoms with Gasteiger partial charge in [-0.2, -0.15) is 0 Å². The second-order valence-corrected chi connectivity index (χ2v) is 7.74. The molecule has 6 heteroatoms. The molecule has 1 unspecified atom stereocenters. The molecule has 2 heterocycles. The Balaban J connectivity index is 1.67. The van der Waals surface area contributed by atoms with Gasteiger partial charge >= 0.3 is 0 Å². The van der Waals surface area contributed by atoms with Crippen LogP contribution in [0.5, 0.6) is 0 Å². The topological polar surface area (TPSA) is 83.1 Å². The fourth-order valence-electron chi connectivity index (χ4n) is 3.43. The van der Waals surface area contributed by atoms with Crippen LogP contribution in [0.25, 0.3) is 0 Å². The van der Waals surface area contributed by atoms with Crippen molar-refractivity contribution in [2.75, 3.05) is 19.6 Å². The largest absolute Gasteiger partial charge is 0.354 e. The molecule has 1 aliphatic rings. The third-order valence-electron chi connectivity index (χ3n) is 5.32. The summed E-state index contributed by atoms with van der Waals surface area (Å²) in [5.41, 5.74) is 1.53. The number of hydrogen-bond acceptors (Lipinski definition) is 4. The van der Waals surface area contributed by atoms with Crippen LogP contribution in [0.15, 0.2) is 54.9 Å². The molecule has 0 saturated carbocycles. The van der Waals surface area contributed by atoms with Crippen LogP contribution in [0.1, 0.15) is 35.7 Å². The van der Waals surface area contributed by atoms with Gasteiger partial charge in [-0.15, -0.1) is 0 Å². The summed E-state index contributed by atoms with van der Waals surface area (Å²) in [4.78, 5) is 29.7. The van der Waals surface area contributed by atoms with Crippen LogP contribution in [0.3, 0.4) is 0 Å². The van der Waals surface area contributed by atoms with Crippen molar-refractivity contribution >= 4 is 11.8 Å². The van der Waals surface area contributed by atoms with Crippen molar-refractivity contribution in [2.24, 2.45) is 5.41 Å². The molecule has 0 bridgehead atoms. The molecule has 28 heavy (non-hydrogen) atoms. The second kappa shape index (κ2) is 9.46. The van der Waals surface area contributed by atoms with Crippen LogP contribution in [0.4, 0.5) is 0 Å². The molecule has 6 nitrogen and oxygen atoms in total. The van der Waals surface area contributed by atoms with Crippen molar-refractivity contribution < 1.29 is 9.59 Å². The maximum absolute atomic E-state index is 12.9. The number of nitrogens with zero attached hydrogens (tertiary/aromatic N) is 1. The molecule has 1 fully saturated rings. The van der Waals surface area contributed by atoms with Crippen molar-refractivity contribution in [2.45, 2.75) is 32.2 Å². The van der Waals surface area contributed by atoms with Crippen LogP contribution < -0.4 is 16.0 Å². The minimum atomic E-state index is -0.651. The second-order valence-electron chi connectivity index (χ2n) is 7.74. The summed E-state index contributed by atoms with van der Waals surface area (Å²) in [6.45, 7) is 4.75. The predicted molar refractivity (Wildman–Crippen MR) is 109 cm³/mol. The monoisotopic (exact) mass is 380 g/mol. The van der Waals surface area contributed by atoms with Gasteiger partial charge in [0.2, 0.25) is 5.91 Å². The molecular weight excluding hydrogens is 352 g/mol. The van der Waals surface area contributed by atoms with Gasteiger partial charge in [0.1, 0.15) is 6.04 Å². The molecule has 3 rings (SSSR count). The van der Waals surface area contributed by atoms with Gasteiger partial charge < -0.3 is 16.0 Å². The molecule has 1 atom stereocenters. The zero-order valence-electron chi connectivity index (χ0n) is 16.3. The fraction of sp³-hybridized carbons (Fsp3) is 0.409. The number of rotatable bonds is 7. The minimum absolute atomic E-state index is 0.0865. The average molecular weight is 380 g/mol. The maximum Gasteiger partial charge on any atom is 0.251 e. The Morgan fingerprint density at radius 2 is 1.89 bits per heavy atom. The molecule has 0 spiro atoms. The molecule has 2 aromatic rings. The highest BCUT2D eigenvalue weighted by atomic mass is 16.2. The van der Waals surface area contributed by atoms with E-state index in [2.05, 4.69) is 27.9 Å². The Kier molecular flexibility index (Phi) is 6.76. The van der Waals surface area contributed by atoms with E-state index in [4.69, 9.17) is 0 Å². The van der Waals surface area contributed by atoms with Crippen molar-refractivity contribution in [1.82, 2.24) is 20.9 Å². The van der Waals surface area contributed by atoms with Gasteiger partial charge in [-0.25, -0.2) is 0 Å². The quantitative estimate of drug-likeness (QED) is 0.685. The van der Waals surface area contributed by atoms with E-state index in [-0.39, 0.29) is 17.2 Å². The van der Waals surface area contributed by atoms with Crippen LogP contribution >= 0.6 is 0 Å². The third kappa shape index (κ3) is 5.63. The lowest BCUT2D eigenvalue weighted by atomic mass is 9.81. The number of carbonyl (C=O) groups excluding carboxylic acids is 2. The normalized spacial score (nSPS) is 16.8. The summed E-state index contributed by atoms with van der Waals surface area (Å²) in [6.07, 6.45) is 5.87. The number of piperidine rings is 1. The molecule has 0 radical (unpaired) electrons. The van der Waals surface area contributed by atoms with Gasteiger partial charge in [0.05, 0.1) is 0 Å². The fourth-order valence-corrected chi connectivity index (χ4v) is 3.43. The molecule has 1 aromatic carbocycles. The standard InChI is InChI=1S/C22H28N4O2/c1-22(9-12-23-13-10-22)16-25-21(28)19(14-17-6-5-11-24-15-17)26-20(27)18-7-3-2-4-8-18/h2-8,11,15,19,23H,9-10,12-14,16H2,1H3,(H,25,28)(H,26,27). The van der Waals surface area contributed by atoms with E-state index in [0.717, 1.165) is 31.5 Å². The number of nitrogens with one attached hydrogen (secondary N) is 3. The SMILES string of the molecule is CC1(CNC(=O)C(Cc2cccnc2)NC(=O)c2ccccc2)CCNCC1. The van der Waals surface area contributed by atoms with Crippen LogP contribution in [-0.2, 0) is 11.2 Å². The van der Waals surface area contributed by atoms with Crippen molar-refractivity contribution in [3.8, 4) is 0 Å². The van der Waals surface area contributed by atoms with Gasteiger partial charge in [-0.05, 0) is 55.1 Å². The van der Waals surface area contributed by atoms with Crippen molar-refractivity contribution in [1.29, 1.82) is 0 Å². The Bertz CT molecular complexity index is 774. The average Bonchev–Trinajstić information content (AvgIpc) is 2.73. The Morgan fingerprint density at radius 3 is 2.57 bits per heavy atom.